The summed E-state index contributed by atoms with van der Waals surface area (Å²) in [6.07, 6.45) is 0. The average molecular weight is 815 g/mol. The second-order valence-corrected chi connectivity index (χ2v) is 17.8. The Bertz CT molecular complexity index is 4200. The average Bonchev–Trinajstić information content (AvgIpc) is 3.74. The summed E-state index contributed by atoms with van der Waals surface area (Å²) in [6, 6.07) is 75.8. The molecular weight excluding hydrogens is 781 g/mol. The minimum absolute atomic E-state index is 0.715. The Labute approximate surface area is 366 Å². The third-order valence-electron chi connectivity index (χ3n) is 13.4. The topological polar surface area (TPSA) is 25.8 Å². The Morgan fingerprint density at radius 2 is 0.794 bits per heavy atom. The zero-order valence-corrected chi connectivity index (χ0v) is 34.7. The van der Waals surface area contributed by atoms with Crippen LogP contribution < -0.4 is 0 Å². The zero-order chi connectivity index (χ0) is 41.2. The summed E-state index contributed by atoms with van der Waals surface area (Å²) in [4.78, 5) is 10.6. The maximum absolute atomic E-state index is 5.35. The van der Waals surface area contributed by atoms with Crippen LogP contribution in [0.3, 0.4) is 0 Å². The van der Waals surface area contributed by atoms with Gasteiger partial charge in [0.25, 0.3) is 0 Å². The number of aromatic nitrogens is 2. The molecule has 14 aromatic rings. The normalized spacial score (nSPS) is 12.1. The fourth-order valence-corrected chi connectivity index (χ4v) is 11.8. The van der Waals surface area contributed by atoms with E-state index in [0.717, 1.165) is 33.5 Å². The van der Waals surface area contributed by atoms with Gasteiger partial charge in [-0.05, 0) is 111 Å². The van der Waals surface area contributed by atoms with Gasteiger partial charge in [-0.25, -0.2) is 9.97 Å². The molecule has 0 atom stereocenters. The second-order valence-electron chi connectivity index (χ2n) is 16.8. The van der Waals surface area contributed by atoms with Gasteiger partial charge in [0, 0.05) is 36.9 Å². The number of nitrogens with zero attached hydrogens (tertiary/aromatic N) is 2. The number of fused-ring (bicyclic) bond motifs is 6. The van der Waals surface area contributed by atoms with Gasteiger partial charge in [0.1, 0.15) is 0 Å². The summed E-state index contributed by atoms with van der Waals surface area (Å²) in [5, 5.41) is 20.3. The van der Waals surface area contributed by atoms with Crippen LogP contribution in [0.5, 0.6) is 0 Å². The van der Waals surface area contributed by atoms with Crippen molar-refractivity contribution in [3.8, 4) is 45.0 Å². The molecule has 0 aliphatic heterocycles. The Hall–Kier alpha value is -7.98. The van der Waals surface area contributed by atoms with Gasteiger partial charge in [0.05, 0.1) is 11.4 Å². The predicted octanol–water partition coefficient (Wildman–Crippen LogP) is 17.0. The lowest BCUT2D eigenvalue weighted by molar-refractivity contribution is 1.19. The first-order valence-electron chi connectivity index (χ1n) is 21.6. The van der Waals surface area contributed by atoms with E-state index >= 15 is 0 Å². The van der Waals surface area contributed by atoms with Crippen molar-refractivity contribution in [2.45, 2.75) is 0 Å². The number of hydrogen-bond donors (Lipinski definition) is 0. The first-order chi connectivity index (χ1) is 31.2. The highest BCUT2D eigenvalue weighted by molar-refractivity contribution is 7.26. The molecule has 0 bridgehead atoms. The first kappa shape index (κ1) is 34.7. The van der Waals surface area contributed by atoms with Gasteiger partial charge in [0.2, 0.25) is 0 Å². The van der Waals surface area contributed by atoms with E-state index in [0.29, 0.717) is 5.82 Å². The van der Waals surface area contributed by atoms with Crippen LogP contribution >= 0.6 is 11.3 Å². The molecule has 0 unspecified atom stereocenters. The Kier molecular flexibility index (Phi) is 7.30. The highest BCUT2D eigenvalue weighted by Gasteiger charge is 2.20. The van der Waals surface area contributed by atoms with Gasteiger partial charge in [0.15, 0.2) is 5.82 Å². The van der Waals surface area contributed by atoms with Crippen LogP contribution in [0.15, 0.2) is 206 Å². The van der Waals surface area contributed by atoms with Crippen LogP contribution in [0.1, 0.15) is 0 Å². The molecule has 290 valence electrons. The fourth-order valence-electron chi connectivity index (χ4n) is 10.6. The minimum atomic E-state index is 0.715. The van der Waals surface area contributed by atoms with Crippen molar-refractivity contribution in [3.63, 3.8) is 0 Å². The van der Waals surface area contributed by atoms with E-state index in [1.54, 1.807) is 0 Å². The molecule has 2 aromatic heterocycles. The van der Waals surface area contributed by atoms with E-state index in [1.807, 2.05) is 17.4 Å². The van der Waals surface area contributed by atoms with Crippen LogP contribution in [0, 0.1) is 0 Å². The molecule has 0 spiro atoms. The van der Waals surface area contributed by atoms with Gasteiger partial charge >= 0.3 is 0 Å². The molecule has 0 saturated heterocycles. The van der Waals surface area contributed by atoms with Gasteiger partial charge in [-0.15, -0.1) is 11.3 Å². The van der Waals surface area contributed by atoms with Gasteiger partial charge in [-0.1, -0.05) is 182 Å². The van der Waals surface area contributed by atoms with Crippen molar-refractivity contribution < 1.29 is 0 Å². The smallest absolute Gasteiger partial charge is 0.160 e. The van der Waals surface area contributed by atoms with Gasteiger partial charge in [-0.2, -0.15) is 0 Å². The molecule has 0 aliphatic carbocycles. The molecular formula is C60H34N2S. The molecule has 63 heavy (non-hydrogen) atoms. The standard InChI is InChI=1S/C60H34N2S/c1-2-12-38(13-3-1)60-61-52(34-53(62-60)50-24-11-23-49-45-19-6-7-25-54(45)63-59(49)50)44-31-30-41(42-17-4-5-18-43(42)44)40-32-39-29-28-37-15-9-21-47-46-20-8-14-35-26-27-36-16-10-22-48(57(36)55(35)46)51(33-40)58(39)56(37)47/h1-34H. The summed E-state index contributed by atoms with van der Waals surface area (Å²) in [5.41, 5.74) is 7.40. The molecule has 0 fully saturated rings. The van der Waals surface area contributed by atoms with Crippen LogP contribution in [0.25, 0.3) is 141 Å². The summed E-state index contributed by atoms with van der Waals surface area (Å²) in [7, 11) is 0. The summed E-state index contributed by atoms with van der Waals surface area (Å²) >= 11 is 1.83. The first-order valence-corrected chi connectivity index (χ1v) is 22.4. The quantitative estimate of drug-likeness (QED) is 0.165. The lowest BCUT2D eigenvalue weighted by atomic mass is 9.86. The van der Waals surface area contributed by atoms with E-state index < -0.39 is 0 Å². The lowest BCUT2D eigenvalue weighted by Gasteiger charge is -2.18. The van der Waals surface area contributed by atoms with Crippen molar-refractivity contribution in [2.24, 2.45) is 0 Å². The van der Waals surface area contributed by atoms with E-state index in [-0.39, 0.29) is 0 Å². The van der Waals surface area contributed by atoms with Crippen LogP contribution in [-0.4, -0.2) is 9.97 Å². The molecule has 12 aromatic carbocycles. The summed E-state index contributed by atoms with van der Waals surface area (Å²) < 4.78 is 2.52. The summed E-state index contributed by atoms with van der Waals surface area (Å²) in [5.74, 6) is 0.715. The second kappa shape index (κ2) is 13.3. The van der Waals surface area contributed by atoms with Crippen molar-refractivity contribution in [2.75, 3.05) is 0 Å². The molecule has 0 amide bonds. The van der Waals surface area contributed by atoms with Crippen LogP contribution in [-0.2, 0) is 0 Å². The third kappa shape index (κ3) is 5.12. The van der Waals surface area contributed by atoms with Crippen molar-refractivity contribution >= 4 is 107 Å². The Morgan fingerprint density at radius 1 is 0.286 bits per heavy atom. The minimum Gasteiger partial charge on any atom is -0.228 e. The lowest BCUT2D eigenvalue weighted by Crippen LogP contribution is -1.97. The van der Waals surface area contributed by atoms with Crippen LogP contribution in [0.2, 0.25) is 0 Å². The number of hydrogen-bond acceptors (Lipinski definition) is 3. The number of thiophene rings is 1. The van der Waals surface area contributed by atoms with E-state index in [1.165, 1.54) is 101 Å². The zero-order valence-electron chi connectivity index (χ0n) is 33.9. The monoisotopic (exact) mass is 814 g/mol. The SMILES string of the molecule is c1ccc(-c2nc(-c3ccc(-c4cc5ccc6cccc7c8cccc9ccc%10cccc(c(c4)c5c67)c%10c98)c4ccccc34)cc(-c3cccc4c3sc3ccccc34)n2)cc1. The van der Waals surface area contributed by atoms with E-state index in [2.05, 4.69) is 200 Å². The van der Waals surface area contributed by atoms with Gasteiger partial charge in [-0.3, -0.25) is 0 Å². The number of benzene rings is 11. The number of rotatable bonds is 4. The largest absolute Gasteiger partial charge is 0.228 e. The maximum Gasteiger partial charge on any atom is 0.160 e. The Balaban J connectivity index is 1.04. The highest BCUT2D eigenvalue weighted by atomic mass is 32.1. The molecule has 0 saturated carbocycles. The van der Waals surface area contributed by atoms with Crippen LogP contribution in [0.4, 0.5) is 0 Å². The highest BCUT2D eigenvalue weighted by Crippen LogP contribution is 2.46. The maximum atomic E-state index is 5.35. The van der Waals surface area contributed by atoms with Gasteiger partial charge < -0.3 is 0 Å². The Morgan fingerprint density at radius 3 is 1.49 bits per heavy atom. The summed E-state index contributed by atoms with van der Waals surface area (Å²) in [6.45, 7) is 0. The molecule has 0 aliphatic rings. The van der Waals surface area contributed by atoms with E-state index in [4.69, 9.17) is 9.97 Å². The molecule has 3 heteroatoms. The molecule has 2 nitrogen and oxygen atoms in total. The van der Waals surface area contributed by atoms with Crippen molar-refractivity contribution in [1.29, 1.82) is 0 Å². The third-order valence-corrected chi connectivity index (χ3v) is 14.6. The van der Waals surface area contributed by atoms with Crippen molar-refractivity contribution in [1.82, 2.24) is 9.97 Å². The van der Waals surface area contributed by atoms with E-state index in [9.17, 15) is 0 Å². The molecule has 0 radical (unpaired) electrons. The predicted molar refractivity (Wildman–Crippen MR) is 270 cm³/mol. The molecule has 2 heterocycles. The molecule has 14 rings (SSSR count). The fraction of sp³-hybridized carbons (Fsp3) is 0. The molecule has 0 N–H and O–H groups in total. The van der Waals surface area contributed by atoms with Crippen molar-refractivity contribution in [3.05, 3.63) is 206 Å².